The molecule has 0 fully saturated rings. The minimum Gasteiger partial charge on any atom is -0.361 e. The average Bonchev–Trinajstić information content (AvgIpc) is 3.22. The van der Waals surface area contributed by atoms with Crippen molar-refractivity contribution in [2.45, 2.75) is 47.1 Å². The molecule has 3 aromatic rings. The van der Waals surface area contributed by atoms with E-state index in [0.29, 0.717) is 6.54 Å². The molecule has 0 aliphatic heterocycles. The van der Waals surface area contributed by atoms with Gasteiger partial charge < -0.3 is 15.6 Å². The van der Waals surface area contributed by atoms with Gasteiger partial charge in [0, 0.05) is 35.1 Å². The van der Waals surface area contributed by atoms with Crippen LogP contribution in [0, 0.1) is 13.8 Å². The maximum atomic E-state index is 4.72. The Morgan fingerprint density at radius 2 is 2.04 bits per heavy atom. The van der Waals surface area contributed by atoms with Gasteiger partial charge in [0.1, 0.15) is 0 Å². The lowest BCUT2D eigenvalue weighted by Gasteiger charge is -2.11. The van der Waals surface area contributed by atoms with Crippen LogP contribution < -0.4 is 10.6 Å². The fourth-order valence-corrected chi connectivity index (χ4v) is 4.17. The Labute approximate surface area is 165 Å². The van der Waals surface area contributed by atoms with Crippen LogP contribution in [0.25, 0.3) is 10.9 Å². The molecule has 0 saturated carbocycles. The number of aromatic nitrogens is 2. The lowest BCUT2D eigenvalue weighted by atomic mass is 10.1. The highest BCUT2D eigenvalue weighted by molar-refractivity contribution is 7.11. The fraction of sp³-hybridized carbons (Fsp3) is 0.429. The molecule has 0 spiro atoms. The molecule has 144 valence electrons. The standard InChI is InChI=1S/C21H29N5S/c1-5-16-8-7-9-18-17(12-24-20(16)18)10-11-23-21(22-6-2)25-13-19-14(3)26-15(4)27-19/h7-9,12,24H,5-6,10-11,13H2,1-4H3,(H2,22,23,25). The van der Waals surface area contributed by atoms with Crippen molar-refractivity contribution in [2.75, 3.05) is 13.1 Å². The van der Waals surface area contributed by atoms with E-state index < -0.39 is 0 Å². The fourth-order valence-electron chi connectivity index (χ4n) is 3.31. The van der Waals surface area contributed by atoms with Crippen molar-refractivity contribution in [2.24, 2.45) is 4.99 Å². The normalized spacial score (nSPS) is 11.9. The van der Waals surface area contributed by atoms with Gasteiger partial charge in [0.25, 0.3) is 0 Å². The van der Waals surface area contributed by atoms with E-state index in [1.54, 1.807) is 11.3 Å². The second-order valence-corrected chi connectivity index (χ2v) is 7.91. The first kappa shape index (κ1) is 19.4. The van der Waals surface area contributed by atoms with Crippen LogP contribution in [0.4, 0.5) is 0 Å². The Bertz CT molecular complexity index is 922. The summed E-state index contributed by atoms with van der Waals surface area (Å²) in [6.07, 6.45) is 4.14. The minimum atomic E-state index is 0.666. The number of para-hydroxylation sites is 1. The monoisotopic (exact) mass is 383 g/mol. The van der Waals surface area contributed by atoms with E-state index in [0.717, 1.165) is 42.6 Å². The number of nitrogens with one attached hydrogen (secondary N) is 3. The lowest BCUT2D eigenvalue weighted by molar-refractivity contribution is 0.802. The second kappa shape index (κ2) is 9.04. The van der Waals surface area contributed by atoms with Crippen molar-refractivity contribution in [1.82, 2.24) is 20.6 Å². The van der Waals surface area contributed by atoms with Crippen LogP contribution in [0.3, 0.4) is 0 Å². The molecule has 0 radical (unpaired) electrons. The van der Waals surface area contributed by atoms with E-state index in [2.05, 4.69) is 65.8 Å². The third kappa shape index (κ3) is 4.69. The summed E-state index contributed by atoms with van der Waals surface area (Å²) in [7, 11) is 0. The Kier molecular flexibility index (Phi) is 6.50. The van der Waals surface area contributed by atoms with Crippen molar-refractivity contribution in [3.05, 3.63) is 51.1 Å². The number of thiazole rings is 1. The molecule has 0 amide bonds. The number of H-pyrrole nitrogens is 1. The molecule has 0 unspecified atom stereocenters. The smallest absolute Gasteiger partial charge is 0.191 e. The molecule has 5 nitrogen and oxygen atoms in total. The maximum Gasteiger partial charge on any atom is 0.191 e. The Hall–Kier alpha value is -2.34. The quantitative estimate of drug-likeness (QED) is 0.425. The SMILES string of the molecule is CCNC(=NCc1sc(C)nc1C)NCCc1c[nH]c2c(CC)cccc12. The van der Waals surface area contributed by atoms with Crippen molar-refractivity contribution >= 4 is 28.2 Å². The first-order valence-corrected chi connectivity index (χ1v) is 10.5. The number of aryl methyl sites for hydroxylation is 3. The van der Waals surface area contributed by atoms with Gasteiger partial charge in [-0.2, -0.15) is 0 Å². The summed E-state index contributed by atoms with van der Waals surface area (Å²) in [5.74, 6) is 0.858. The van der Waals surface area contributed by atoms with E-state index in [4.69, 9.17) is 4.99 Å². The van der Waals surface area contributed by atoms with Gasteiger partial charge in [-0.15, -0.1) is 11.3 Å². The van der Waals surface area contributed by atoms with Crippen molar-refractivity contribution in [3.8, 4) is 0 Å². The zero-order valence-corrected chi connectivity index (χ0v) is 17.5. The van der Waals surface area contributed by atoms with Gasteiger partial charge in [-0.05, 0) is 44.7 Å². The van der Waals surface area contributed by atoms with Crippen molar-refractivity contribution in [3.63, 3.8) is 0 Å². The van der Waals surface area contributed by atoms with E-state index in [1.807, 2.05) is 6.92 Å². The summed E-state index contributed by atoms with van der Waals surface area (Å²) in [5, 5.41) is 9.21. The molecule has 2 heterocycles. The van der Waals surface area contributed by atoms with Crippen molar-refractivity contribution in [1.29, 1.82) is 0 Å². The average molecular weight is 384 g/mol. The third-order valence-corrected chi connectivity index (χ3v) is 5.74. The minimum absolute atomic E-state index is 0.666. The highest BCUT2D eigenvalue weighted by Crippen LogP contribution is 2.22. The first-order valence-electron chi connectivity index (χ1n) is 9.65. The molecule has 0 aliphatic rings. The number of aromatic amines is 1. The lowest BCUT2D eigenvalue weighted by Crippen LogP contribution is -2.38. The number of hydrogen-bond acceptors (Lipinski definition) is 3. The highest BCUT2D eigenvalue weighted by Gasteiger charge is 2.08. The topological polar surface area (TPSA) is 65.1 Å². The van der Waals surface area contributed by atoms with Crippen LogP contribution in [0.15, 0.2) is 29.4 Å². The summed E-state index contributed by atoms with van der Waals surface area (Å²) in [5.41, 5.74) is 5.07. The predicted molar refractivity (Wildman–Crippen MR) is 116 cm³/mol. The molecule has 3 N–H and O–H groups in total. The molecule has 27 heavy (non-hydrogen) atoms. The van der Waals surface area contributed by atoms with Crippen LogP contribution in [-0.2, 0) is 19.4 Å². The van der Waals surface area contributed by atoms with Crippen LogP contribution >= 0.6 is 11.3 Å². The summed E-state index contributed by atoms with van der Waals surface area (Å²) < 4.78 is 0. The van der Waals surface area contributed by atoms with Gasteiger partial charge in [0.15, 0.2) is 5.96 Å². The van der Waals surface area contributed by atoms with E-state index in [1.165, 1.54) is 26.9 Å². The van der Waals surface area contributed by atoms with Gasteiger partial charge in [-0.3, -0.25) is 0 Å². The number of benzene rings is 1. The second-order valence-electron chi connectivity index (χ2n) is 6.62. The first-order chi connectivity index (χ1) is 13.1. The largest absolute Gasteiger partial charge is 0.361 e. The number of rotatable bonds is 7. The zero-order chi connectivity index (χ0) is 19.2. The van der Waals surface area contributed by atoms with Gasteiger partial charge in [0.2, 0.25) is 0 Å². The number of guanidine groups is 1. The Balaban J connectivity index is 1.63. The van der Waals surface area contributed by atoms with Gasteiger partial charge in [-0.25, -0.2) is 9.98 Å². The molecule has 2 aromatic heterocycles. The summed E-state index contributed by atoms with van der Waals surface area (Å²) in [6, 6.07) is 6.55. The molecule has 0 atom stereocenters. The Morgan fingerprint density at radius 1 is 1.19 bits per heavy atom. The molecule has 6 heteroatoms. The van der Waals surface area contributed by atoms with Gasteiger partial charge in [0.05, 0.1) is 17.2 Å². The zero-order valence-electron chi connectivity index (χ0n) is 16.6. The maximum absolute atomic E-state index is 4.72. The molecular formula is C21H29N5S. The highest BCUT2D eigenvalue weighted by atomic mass is 32.1. The summed E-state index contributed by atoms with van der Waals surface area (Å²) in [4.78, 5) is 13.9. The van der Waals surface area contributed by atoms with Crippen LogP contribution in [-0.4, -0.2) is 29.0 Å². The van der Waals surface area contributed by atoms with E-state index in [-0.39, 0.29) is 0 Å². The van der Waals surface area contributed by atoms with Crippen LogP contribution in [0.5, 0.6) is 0 Å². The Morgan fingerprint density at radius 3 is 2.74 bits per heavy atom. The molecule has 0 saturated heterocycles. The van der Waals surface area contributed by atoms with E-state index in [9.17, 15) is 0 Å². The van der Waals surface area contributed by atoms with Gasteiger partial charge >= 0.3 is 0 Å². The van der Waals surface area contributed by atoms with Crippen molar-refractivity contribution < 1.29 is 0 Å². The third-order valence-electron chi connectivity index (χ3n) is 4.68. The van der Waals surface area contributed by atoms with E-state index >= 15 is 0 Å². The molecule has 0 bridgehead atoms. The molecule has 0 aliphatic carbocycles. The summed E-state index contributed by atoms with van der Waals surface area (Å²) in [6.45, 7) is 10.7. The predicted octanol–water partition coefficient (Wildman–Crippen LogP) is 4.10. The molecule has 1 aromatic carbocycles. The van der Waals surface area contributed by atoms with Crippen LogP contribution in [0.2, 0.25) is 0 Å². The number of aliphatic imine (C=N–C) groups is 1. The summed E-state index contributed by atoms with van der Waals surface area (Å²) >= 11 is 1.72. The molecular weight excluding hydrogens is 354 g/mol. The number of fused-ring (bicyclic) bond motifs is 1. The van der Waals surface area contributed by atoms with Gasteiger partial charge in [-0.1, -0.05) is 25.1 Å². The van der Waals surface area contributed by atoms with Crippen LogP contribution in [0.1, 0.15) is 40.6 Å². The number of nitrogens with zero attached hydrogens (tertiary/aromatic N) is 2. The number of hydrogen-bond donors (Lipinski definition) is 3. The molecule has 3 rings (SSSR count).